The molecule has 0 spiro atoms. The Kier molecular flexibility index (Phi) is 12.7. The van der Waals surface area contributed by atoms with E-state index in [9.17, 15) is 14.0 Å². The molecule has 1 aliphatic rings. The van der Waals surface area contributed by atoms with Gasteiger partial charge in [0.25, 0.3) is 5.91 Å². The van der Waals surface area contributed by atoms with Crippen LogP contribution >= 0.6 is 27.7 Å². The van der Waals surface area contributed by atoms with Gasteiger partial charge >= 0.3 is 5.97 Å². The highest BCUT2D eigenvalue weighted by molar-refractivity contribution is 9.10. The minimum atomic E-state index is -1.46. The van der Waals surface area contributed by atoms with Crippen LogP contribution in [0.4, 0.5) is 4.39 Å². The summed E-state index contributed by atoms with van der Waals surface area (Å²) in [6.07, 6.45) is -0.282. The minimum Gasteiger partial charge on any atom is -0.494 e. The van der Waals surface area contributed by atoms with E-state index in [0.717, 1.165) is 15.6 Å². The van der Waals surface area contributed by atoms with Gasteiger partial charge < -0.3 is 24.6 Å². The first-order valence-corrected chi connectivity index (χ1v) is 17.1. The molecule has 3 aromatic rings. The van der Waals surface area contributed by atoms with Crippen LogP contribution in [-0.4, -0.2) is 59.5 Å². The van der Waals surface area contributed by atoms with Crippen LogP contribution in [0.5, 0.6) is 5.75 Å². The normalized spacial score (nSPS) is 17.6. The lowest BCUT2D eigenvalue weighted by Crippen LogP contribution is -2.49. The summed E-state index contributed by atoms with van der Waals surface area (Å²) in [6, 6.07) is 21.0. The number of benzene rings is 3. The molecule has 0 aromatic heterocycles. The van der Waals surface area contributed by atoms with Crippen molar-refractivity contribution in [3.63, 3.8) is 0 Å². The molecule has 246 valence electrons. The van der Waals surface area contributed by atoms with Gasteiger partial charge in [-0.15, -0.1) is 0 Å². The molecule has 2 N–H and O–H groups in total. The lowest BCUT2D eigenvalue weighted by Gasteiger charge is -2.31. The third-order valence-electron chi connectivity index (χ3n) is 7.05. The van der Waals surface area contributed by atoms with Crippen molar-refractivity contribution in [1.82, 2.24) is 5.32 Å². The second kappa shape index (κ2) is 16.4. The molecule has 0 aliphatic carbocycles. The van der Waals surface area contributed by atoms with Crippen LogP contribution in [-0.2, 0) is 24.8 Å². The number of carbonyl (C=O) groups is 2. The Bertz CT molecular complexity index is 1480. The highest BCUT2D eigenvalue weighted by atomic mass is 79.9. The molecule has 3 aromatic carbocycles. The van der Waals surface area contributed by atoms with Crippen molar-refractivity contribution in [3.8, 4) is 5.75 Å². The Morgan fingerprint density at radius 1 is 1.07 bits per heavy atom. The summed E-state index contributed by atoms with van der Waals surface area (Å²) in [5, 5.41) is 12.1. The van der Waals surface area contributed by atoms with E-state index in [2.05, 4.69) is 21.2 Å². The fourth-order valence-corrected chi connectivity index (χ4v) is 5.94. The van der Waals surface area contributed by atoms with Gasteiger partial charge in [0.1, 0.15) is 17.2 Å². The number of rotatable bonds is 15. The van der Waals surface area contributed by atoms with E-state index in [0.29, 0.717) is 42.4 Å². The van der Waals surface area contributed by atoms with Crippen molar-refractivity contribution >= 4 is 45.5 Å². The van der Waals surface area contributed by atoms with E-state index in [4.69, 9.17) is 24.3 Å². The molecule has 0 radical (unpaired) electrons. The standard InChI is InChI=1S/C35H40BrFN2O6S/c1-34(2,3)45-30(41)17-18-35(33(42)38-19-22-46-23-24-5-13-28(37)14-6-24)31(25-7-11-27(36)12-8-25)44-32(39-35)26-9-15-29(16-10-26)43-21-4-20-40/h5-16,31,40H,4,17-23H2,1-3H3,(H,38,42)/t31-,35-/m1/s1. The highest BCUT2D eigenvalue weighted by Crippen LogP contribution is 2.43. The second-order valence-corrected chi connectivity index (χ2v) is 13.9. The van der Waals surface area contributed by atoms with Crippen molar-refractivity contribution in [2.75, 3.05) is 25.5 Å². The van der Waals surface area contributed by atoms with Gasteiger partial charge in [0.15, 0.2) is 11.6 Å². The molecule has 0 saturated carbocycles. The molecule has 8 nitrogen and oxygen atoms in total. The predicted molar refractivity (Wildman–Crippen MR) is 182 cm³/mol. The number of esters is 1. The zero-order valence-corrected chi connectivity index (χ0v) is 28.7. The predicted octanol–water partition coefficient (Wildman–Crippen LogP) is 6.78. The van der Waals surface area contributed by atoms with Gasteiger partial charge in [-0.2, -0.15) is 11.8 Å². The van der Waals surface area contributed by atoms with Crippen LogP contribution in [0.15, 0.2) is 82.3 Å². The lowest BCUT2D eigenvalue weighted by molar-refractivity contribution is -0.155. The Balaban J connectivity index is 1.60. The van der Waals surface area contributed by atoms with Crippen molar-refractivity contribution in [1.29, 1.82) is 0 Å². The molecule has 11 heteroatoms. The maximum Gasteiger partial charge on any atom is 0.306 e. The lowest BCUT2D eigenvalue weighted by atomic mass is 9.83. The van der Waals surface area contributed by atoms with Crippen LogP contribution < -0.4 is 10.1 Å². The van der Waals surface area contributed by atoms with E-state index in [1.165, 1.54) is 12.1 Å². The van der Waals surface area contributed by atoms with Gasteiger partial charge in [-0.05, 0) is 86.8 Å². The van der Waals surface area contributed by atoms with Crippen molar-refractivity contribution in [3.05, 3.63) is 99.8 Å². The summed E-state index contributed by atoms with van der Waals surface area (Å²) < 4.78 is 31.9. The molecule has 0 saturated heterocycles. The first-order valence-electron chi connectivity index (χ1n) is 15.2. The molecule has 1 heterocycles. The molecule has 1 aliphatic heterocycles. The zero-order valence-electron chi connectivity index (χ0n) is 26.3. The van der Waals surface area contributed by atoms with Gasteiger partial charge in [0.05, 0.1) is 6.61 Å². The summed E-state index contributed by atoms with van der Waals surface area (Å²) in [7, 11) is 0. The minimum absolute atomic E-state index is 0.0422. The number of carbonyl (C=O) groups excluding carboxylic acids is 2. The number of amides is 1. The van der Waals surface area contributed by atoms with Gasteiger partial charge in [-0.1, -0.05) is 40.2 Å². The van der Waals surface area contributed by atoms with E-state index < -0.39 is 23.2 Å². The number of thioether (sulfide) groups is 1. The van der Waals surface area contributed by atoms with E-state index in [1.54, 1.807) is 68.9 Å². The third-order valence-corrected chi connectivity index (χ3v) is 8.61. The fraction of sp³-hybridized carbons (Fsp3) is 0.400. The molecular weight excluding hydrogens is 675 g/mol. The summed E-state index contributed by atoms with van der Waals surface area (Å²) >= 11 is 5.10. The van der Waals surface area contributed by atoms with Crippen LogP contribution in [0.2, 0.25) is 0 Å². The topological polar surface area (TPSA) is 106 Å². The maximum atomic E-state index is 14.2. The summed E-state index contributed by atoms with van der Waals surface area (Å²) in [5.41, 5.74) is 0.235. The Labute approximate surface area is 282 Å². The number of aliphatic hydroxyl groups excluding tert-OH is 1. The molecule has 0 unspecified atom stereocenters. The monoisotopic (exact) mass is 714 g/mol. The van der Waals surface area contributed by atoms with Crippen molar-refractivity contribution in [2.45, 2.75) is 63.0 Å². The first-order chi connectivity index (χ1) is 22.0. The van der Waals surface area contributed by atoms with Crippen LogP contribution in [0.3, 0.4) is 0 Å². The number of nitrogens with one attached hydrogen (secondary N) is 1. The SMILES string of the molecule is CC(C)(C)OC(=O)CC[C@@]1(C(=O)NCCSCc2ccc(F)cc2)N=C(c2ccc(OCCCO)cc2)O[C@@H]1c1ccc(Br)cc1. The average Bonchev–Trinajstić information content (AvgIpc) is 3.42. The molecular formula is C35H40BrFN2O6S. The summed E-state index contributed by atoms with van der Waals surface area (Å²) in [5.74, 6) is 1.13. The maximum absolute atomic E-state index is 14.2. The number of aliphatic imine (C=N–C) groups is 1. The smallest absolute Gasteiger partial charge is 0.306 e. The summed E-state index contributed by atoms with van der Waals surface area (Å²) in [6.45, 7) is 6.18. The molecule has 46 heavy (non-hydrogen) atoms. The Morgan fingerprint density at radius 2 is 1.76 bits per heavy atom. The van der Waals surface area contributed by atoms with Gasteiger partial charge in [-0.3, -0.25) is 9.59 Å². The Hall–Kier alpha value is -3.41. The van der Waals surface area contributed by atoms with Crippen LogP contribution in [0, 0.1) is 5.82 Å². The summed E-state index contributed by atoms with van der Waals surface area (Å²) in [4.78, 5) is 32.1. The third kappa shape index (κ3) is 10.0. The van der Waals surface area contributed by atoms with Gasteiger partial charge in [-0.25, -0.2) is 9.38 Å². The molecule has 1 amide bonds. The number of hydrogen-bond donors (Lipinski definition) is 2. The quantitative estimate of drug-likeness (QED) is 0.132. The molecule has 2 atom stereocenters. The second-order valence-electron chi connectivity index (χ2n) is 11.9. The van der Waals surface area contributed by atoms with E-state index in [-0.39, 0.29) is 37.1 Å². The number of ether oxygens (including phenoxy) is 3. The van der Waals surface area contributed by atoms with Crippen LogP contribution in [0.25, 0.3) is 0 Å². The van der Waals surface area contributed by atoms with Crippen LogP contribution in [0.1, 0.15) is 62.8 Å². The van der Waals surface area contributed by atoms with Crippen molar-refractivity contribution < 1.29 is 33.3 Å². The van der Waals surface area contributed by atoms with Crippen molar-refractivity contribution in [2.24, 2.45) is 4.99 Å². The zero-order chi connectivity index (χ0) is 33.2. The highest BCUT2D eigenvalue weighted by Gasteiger charge is 2.53. The number of nitrogens with zero attached hydrogens (tertiary/aromatic N) is 1. The molecule has 0 bridgehead atoms. The first kappa shape index (κ1) is 35.4. The number of halogens is 2. The molecule has 4 rings (SSSR count). The number of aliphatic hydroxyl groups is 1. The largest absolute Gasteiger partial charge is 0.494 e. The van der Waals surface area contributed by atoms with E-state index >= 15 is 0 Å². The average molecular weight is 716 g/mol. The Morgan fingerprint density at radius 3 is 2.41 bits per heavy atom. The molecule has 0 fully saturated rings. The van der Waals surface area contributed by atoms with E-state index in [1.807, 2.05) is 24.3 Å². The fourth-order valence-electron chi connectivity index (χ4n) is 4.85. The van der Waals surface area contributed by atoms with Gasteiger partial charge in [0.2, 0.25) is 5.90 Å². The number of hydrogen-bond acceptors (Lipinski definition) is 8. The van der Waals surface area contributed by atoms with Gasteiger partial charge in [0, 0.05) is 47.5 Å².